The van der Waals surface area contributed by atoms with Crippen molar-refractivity contribution in [2.24, 2.45) is 0 Å². The van der Waals surface area contributed by atoms with Gasteiger partial charge in [-0.1, -0.05) is 84.4 Å². The van der Waals surface area contributed by atoms with Crippen LogP contribution in [0.5, 0.6) is 0 Å². The van der Waals surface area contributed by atoms with E-state index >= 15 is 0 Å². The molecule has 3 nitrogen and oxygen atoms in total. The van der Waals surface area contributed by atoms with Crippen molar-refractivity contribution in [3.8, 4) is 11.1 Å². The zero-order chi connectivity index (χ0) is 19.1. The molecule has 0 atom stereocenters. The van der Waals surface area contributed by atoms with Gasteiger partial charge in [0.05, 0.1) is 0 Å². The normalized spacial score (nSPS) is 10.7. The molecule has 0 aliphatic rings. The first-order valence-corrected chi connectivity index (χ1v) is 8.79. The molecule has 0 aromatic heterocycles. The maximum Gasteiger partial charge on any atom is 0.331 e. The number of halogens is 1. The molecule has 3 aromatic rings. The van der Waals surface area contributed by atoms with Gasteiger partial charge in [0, 0.05) is 16.7 Å². The van der Waals surface area contributed by atoms with Crippen LogP contribution in [0.3, 0.4) is 0 Å². The molecule has 134 valence electrons. The third-order valence-electron chi connectivity index (χ3n) is 3.96. The molecule has 0 aliphatic heterocycles. The summed E-state index contributed by atoms with van der Waals surface area (Å²) in [5, 5.41) is 0.538. The van der Waals surface area contributed by atoms with Gasteiger partial charge in [0.2, 0.25) is 0 Å². The summed E-state index contributed by atoms with van der Waals surface area (Å²) in [5.74, 6) is -0.849. The van der Waals surface area contributed by atoms with E-state index < -0.39 is 5.97 Å². The van der Waals surface area contributed by atoms with Gasteiger partial charge in [-0.25, -0.2) is 4.79 Å². The van der Waals surface area contributed by atoms with Gasteiger partial charge in [0.15, 0.2) is 12.4 Å². The molecular formula is C23H17ClO3. The highest BCUT2D eigenvalue weighted by atomic mass is 35.5. The minimum absolute atomic E-state index is 0.255. The molecule has 3 rings (SSSR count). The van der Waals surface area contributed by atoms with Crippen molar-refractivity contribution in [3.05, 3.63) is 101 Å². The van der Waals surface area contributed by atoms with Gasteiger partial charge in [0.1, 0.15) is 0 Å². The molecule has 0 heterocycles. The second kappa shape index (κ2) is 8.97. The Hall–Kier alpha value is -3.17. The van der Waals surface area contributed by atoms with Gasteiger partial charge >= 0.3 is 5.97 Å². The zero-order valence-corrected chi connectivity index (χ0v) is 15.2. The number of ketones is 1. The minimum atomic E-state index is -0.593. The lowest BCUT2D eigenvalue weighted by molar-refractivity contribution is -0.136. The van der Waals surface area contributed by atoms with Gasteiger partial charge in [-0.3, -0.25) is 4.79 Å². The van der Waals surface area contributed by atoms with Crippen LogP contribution < -0.4 is 0 Å². The number of benzene rings is 3. The number of rotatable bonds is 6. The van der Waals surface area contributed by atoms with E-state index in [1.807, 2.05) is 48.5 Å². The lowest BCUT2D eigenvalue weighted by atomic mass is 10.0. The summed E-state index contributed by atoms with van der Waals surface area (Å²) < 4.78 is 5.02. The molecule has 0 saturated heterocycles. The summed E-state index contributed by atoms with van der Waals surface area (Å²) >= 11 is 6.01. The van der Waals surface area contributed by atoms with E-state index in [0.717, 1.165) is 11.1 Å². The zero-order valence-electron chi connectivity index (χ0n) is 14.5. The summed E-state index contributed by atoms with van der Waals surface area (Å²) in [6.07, 6.45) is 2.82. The summed E-state index contributed by atoms with van der Waals surface area (Å²) in [4.78, 5) is 24.0. The van der Waals surface area contributed by atoms with E-state index in [1.54, 1.807) is 36.4 Å². The second-order valence-corrected chi connectivity index (χ2v) is 6.24. The summed E-state index contributed by atoms with van der Waals surface area (Å²) in [6.45, 7) is -0.309. The first-order valence-electron chi connectivity index (χ1n) is 8.41. The predicted octanol–water partition coefficient (Wildman–Crippen LogP) is 5.45. The quantitative estimate of drug-likeness (QED) is 0.326. The van der Waals surface area contributed by atoms with Crippen LogP contribution in [0.4, 0.5) is 0 Å². The molecule has 0 fully saturated rings. The van der Waals surface area contributed by atoms with Crippen LogP contribution in [0.15, 0.2) is 84.9 Å². The molecular weight excluding hydrogens is 360 g/mol. The van der Waals surface area contributed by atoms with E-state index in [2.05, 4.69) is 0 Å². The van der Waals surface area contributed by atoms with Crippen LogP contribution in [0.25, 0.3) is 17.2 Å². The standard InChI is InChI=1S/C23H17ClO3/c24-21-9-5-4-8-19(21)14-15-23(26)27-16-22(25)20-12-10-18(11-13-20)17-6-2-1-3-7-17/h1-15H,16H2/b15-14+. The molecule has 0 spiro atoms. The molecule has 0 bridgehead atoms. The Bertz CT molecular complexity index is 960. The van der Waals surface area contributed by atoms with Crippen molar-refractivity contribution in [2.75, 3.05) is 6.61 Å². The molecule has 0 unspecified atom stereocenters. The fraction of sp³-hybridized carbons (Fsp3) is 0.0435. The van der Waals surface area contributed by atoms with Crippen LogP contribution in [0.1, 0.15) is 15.9 Å². The van der Waals surface area contributed by atoms with Crippen molar-refractivity contribution in [1.82, 2.24) is 0 Å². The predicted molar refractivity (Wildman–Crippen MR) is 108 cm³/mol. The Morgan fingerprint density at radius 2 is 1.44 bits per heavy atom. The Balaban J connectivity index is 1.56. The highest BCUT2D eigenvalue weighted by molar-refractivity contribution is 6.32. The van der Waals surface area contributed by atoms with Gasteiger partial charge in [-0.2, -0.15) is 0 Å². The summed E-state index contributed by atoms with van der Waals surface area (Å²) in [5.41, 5.74) is 3.30. The molecule has 0 N–H and O–H groups in total. The fourth-order valence-electron chi connectivity index (χ4n) is 2.52. The molecule has 27 heavy (non-hydrogen) atoms. The van der Waals surface area contributed by atoms with Crippen molar-refractivity contribution in [2.45, 2.75) is 0 Å². The monoisotopic (exact) mass is 376 g/mol. The van der Waals surface area contributed by atoms with Crippen molar-refractivity contribution in [3.63, 3.8) is 0 Å². The van der Waals surface area contributed by atoms with E-state index in [-0.39, 0.29) is 12.4 Å². The first kappa shape index (κ1) is 18.6. The van der Waals surface area contributed by atoms with Gasteiger partial charge in [-0.15, -0.1) is 0 Å². The van der Waals surface area contributed by atoms with Crippen molar-refractivity contribution in [1.29, 1.82) is 0 Å². The molecule has 4 heteroatoms. The van der Waals surface area contributed by atoms with Gasteiger partial charge < -0.3 is 4.74 Å². The number of hydrogen-bond acceptors (Lipinski definition) is 3. The number of esters is 1. The lowest BCUT2D eigenvalue weighted by Crippen LogP contribution is -2.12. The molecule has 0 radical (unpaired) electrons. The van der Waals surface area contributed by atoms with Crippen LogP contribution in [0.2, 0.25) is 5.02 Å². The maximum absolute atomic E-state index is 12.2. The lowest BCUT2D eigenvalue weighted by Gasteiger charge is -2.05. The fourth-order valence-corrected chi connectivity index (χ4v) is 2.71. The number of Topliss-reactive ketones (excluding diaryl/α,β-unsaturated/α-hetero) is 1. The van der Waals surface area contributed by atoms with Crippen molar-refractivity contribution < 1.29 is 14.3 Å². The molecule has 0 saturated carbocycles. The number of carbonyl (C=O) groups excluding carboxylic acids is 2. The van der Waals surface area contributed by atoms with Crippen molar-refractivity contribution >= 4 is 29.4 Å². The molecule has 3 aromatic carbocycles. The Labute approximate surface area is 162 Å². The SMILES string of the molecule is O=C(/C=C/c1ccccc1Cl)OCC(=O)c1ccc(-c2ccccc2)cc1. The Kier molecular flexibility index (Phi) is 6.18. The first-order chi connectivity index (χ1) is 13.1. The van der Waals surface area contributed by atoms with Crippen LogP contribution in [0, 0.1) is 0 Å². The van der Waals surface area contributed by atoms with E-state index in [0.29, 0.717) is 16.1 Å². The van der Waals surface area contributed by atoms with Crippen LogP contribution in [-0.2, 0) is 9.53 Å². The number of ether oxygens (including phenoxy) is 1. The highest BCUT2D eigenvalue weighted by Gasteiger charge is 2.09. The van der Waals surface area contributed by atoms with Gasteiger partial charge in [-0.05, 0) is 28.8 Å². The van der Waals surface area contributed by atoms with Gasteiger partial charge in [0.25, 0.3) is 0 Å². The van der Waals surface area contributed by atoms with Crippen LogP contribution >= 0.6 is 11.6 Å². The maximum atomic E-state index is 12.2. The van der Waals surface area contributed by atoms with E-state index in [4.69, 9.17) is 16.3 Å². The largest absolute Gasteiger partial charge is 0.454 e. The number of hydrogen-bond donors (Lipinski definition) is 0. The molecule has 0 aliphatic carbocycles. The Morgan fingerprint density at radius 1 is 0.815 bits per heavy atom. The van der Waals surface area contributed by atoms with E-state index in [9.17, 15) is 9.59 Å². The smallest absolute Gasteiger partial charge is 0.331 e. The van der Waals surface area contributed by atoms with E-state index in [1.165, 1.54) is 6.08 Å². The topological polar surface area (TPSA) is 43.4 Å². The highest BCUT2D eigenvalue weighted by Crippen LogP contribution is 2.19. The summed E-state index contributed by atoms with van der Waals surface area (Å²) in [6, 6.07) is 24.2. The number of carbonyl (C=O) groups is 2. The Morgan fingerprint density at radius 3 is 2.15 bits per heavy atom. The third kappa shape index (κ3) is 5.16. The summed E-state index contributed by atoms with van der Waals surface area (Å²) in [7, 11) is 0. The molecule has 0 amide bonds. The van der Waals surface area contributed by atoms with Crippen LogP contribution in [-0.4, -0.2) is 18.4 Å². The average molecular weight is 377 g/mol. The minimum Gasteiger partial charge on any atom is -0.454 e. The third-order valence-corrected chi connectivity index (χ3v) is 4.31. The second-order valence-electron chi connectivity index (χ2n) is 5.83. The average Bonchev–Trinajstić information content (AvgIpc) is 2.72.